The summed E-state index contributed by atoms with van der Waals surface area (Å²) < 4.78 is 0. The van der Waals surface area contributed by atoms with E-state index in [0.29, 0.717) is 23.0 Å². The van der Waals surface area contributed by atoms with Crippen LogP contribution < -0.4 is 0 Å². The van der Waals surface area contributed by atoms with Crippen molar-refractivity contribution in [2.45, 2.75) is 0 Å². The van der Waals surface area contributed by atoms with Gasteiger partial charge in [-0.2, -0.15) is 5.26 Å². The van der Waals surface area contributed by atoms with Crippen molar-refractivity contribution in [1.82, 2.24) is 15.0 Å². The molecule has 0 atom stereocenters. The number of nitrogens with zero attached hydrogens (tertiary/aromatic N) is 4. The molecule has 0 saturated carbocycles. The summed E-state index contributed by atoms with van der Waals surface area (Å²) in [6.07, 6.45) is 0. The molecule has 0 radical (unpaired) electrons. The van der Waals surface area contributed by atoms with E-state index in [9.17, 15) is 5.26 Å². The summed E-state index contributed by atoms with van der Waals surface area (Å²) in [5.41, 5.74) is 18.8. The maximum atomic E-state index is 10.6. The molecular formula is C66H40N4. The number of fused-ring (bicyclic) bond motifs is 4. The van der Waals surface area contributed by atoms with E-state index in [0.717, 1.165) is 66.8 Å². The molecular weight excluding hydrogens is 849 g/mol. The van der Waals surface area contributed by atoms with Crippen LogP contribution in [0.15, 0.2) is 243 Å². The second kappa shape index (κ2) is 16.9. The standard InChI is InChI=1S/C66H40N4/c67-41-51-34-33-47(45-21-10-22-46(37-45)48-35-36-57-58-31-13-19-43-20-14-32-59(63(43)58)62(57)40-48)39-61(51)55-27-7-6-26-53(55)49-23-11-24-50(38-49)65-68-64(44-16-2-1-3-17-44)69-66(70-65)60-29-9-8-28-56(60)54-30-12-18-42-15-4-5-25-52(42)54/h1-40H. The average molecular weight is 889 g/mol. The Bertz CT molecular complexity index is 4080. The molecule has 70 heavy (non-hydrogen) atoms. The quantitative estimate of drug-likeness (QED) is 0.152. The highest BCUT2D eigenvalue weighted by Gasteiger charge is 2.22. The largest absolute Gasteiger partial charge is 0.208 e. The molecule has 0 N–H and O–H groups in total. The molecule has 0 amide bonds. The molecule has 324 valence electrons. The van der Waals surface area contributed by atoms with Crippen molar-refractivity contribution in [3.05, 3.63) is 248 Å². The zero-order valence-electron chi connectivity index (χ0n) is 37.9. The molecule has 0 saturated heterocycles. The van der Waals surface area contributed by atoms with Crippen molar-refractivity contribution in [3.63, 3.8) is 0 Å². The summed E-state index contributed by atoms with van der Waals surface area (Å²) in [6, 6.07) is 87.5. The normalized spacial score (nSPS) is 11.4. The Balaban J connectivity index is 0.886. The van der Waals surface area contributed by atoms with Crippen LogP contribution in [0.4, 0.5) is 0 Å². The Kier molecular flexibility index (Phi) is 9.85. The molecule has 0 aliphatic heterocycles. The fourth-order valence-electron chi connectivity index (χ4n) is 10.4. The first kappa shape index (κ1) is 40.7. The van der Waals surface area contributed by atoms with Crippen LogP contribution in [-0.4, -0.2) is 15.0 Å². The zero-order chi connectivity index (χ0) is 46.5. The molecule has 4 nitrogen and oxygen atoms in total. The highest BCUT2D eigenvalue weighted by Crippen LogP contribution is 2.48. The molecule has 11 aromatic carbocycles. The first-order valence-electron chi connectivity index (χ1n) is 23.6. The number of rotatable bonds is 8. The van der Waals surface area contributed by atoms with Crippen molar-refractivity contribution >= 4 is 21.5 Å². The second-order valence-corrected chi connectivity index (χ2v) is 17.8. The van der Waals surface area contributed by atoms with Gasteiger partial charge in [-0.3, -0.25) is 0 Å². The first-order valence-corrected chi connectivity index (χ1v) is 23.6. The SMILES string of the molecule is N#Cc1ccc(-c2cccc(-c3ccc4c(c3)-c3cccc5cccc-4c35)c2)cc1-c1ccccc1-c1cccc(-c2nc(-c3ccccc3)nc(-c3ccccc3-c3cccc4ccccc34)n2)c1. The van der Waals surface area contributed by atoms with Crippen LogP contribution in [0.1, 0.15) is 5.56 Å². The minimum absolute atomic E-state index is 0.570. The van der Waals surface area contributed by atoms with Gasteiger partial charge in [0.25, 0.3) is 0 Å². The fraction of sp³-hybridized carbons (Fsp3) is 0. The lowest BCUT2D eigenvalue weighted by Crippen LogP contribution is -2.01. The van der Waals surface area contributed by atoms with Crippen LogP contribution in [0.3, 0.4) is 0 Å². The molecule has 1 aromatic heterocycles. The summed E-state index contributed by atoms with van der Waals surface area (Å²) in [5.74, 6) is 1.76. The van der Waals surface area contributed by atoms with E-state index in [1.165, 1.54) is 49.4 Å². The fourth-order valence-corrected chi connectivity index (χ4v) is 10.4. The molecule has 0 spiro atoms. The van der Waals surface area contributed by atoms with E-state index < -0.39 is 0 Å². The summed E-state index contributed by atoms with van der Waals surface area (Å²) in [4.78, 5) is 15.5. The molecule has 1 heterocycles. The molecule has 0 bridgehead atoms. The lowest BCUT2D eigenvalue weighted by atomic mass is 9.89. The third-order valence-electron chi connectivity index (χ3n) is 13.7. The predicted octanol–water partition coefficient (Wildman–Crippen LogP) is 17.0. The zero-order valence-corrected chi connectivity index (χ0v) is 37.9. The van der Waals surface area contributed by atoms with E-state index >= 15 is 0 Å². The van der Waals surface area contributed by atoms with Gasteiger partial charge in [0, 0.05) is 22.3 Å². The van der Waals surface area contributed by atoms with Crippen LogP contribution in [-0.2, 0) is 0 Å². The number of nitriles is 1. The van der Waals surface area contributed by atoms with Crippen LogP contribution in [0, 0.1) is 11.3 Å². The molecule has 0 unspecified atom stereocenters. The third-order valence-corrected chi connectivity index (χ3v) is 13.7. The molecule has 13 rings (SSSR count). The van der Waals surface area contributed by atoms with Crippen LogP contribution in [0.5, 0.6) is 0 Å². The topological polar surface area (TPSA) is 62.5 Å². The molecule has 4 heteroatoms. The maximum Gasteiger partial charge on any atom is 0.164 e. The van der Waals surface area contributed by atoms with Crippen molar-refractivity contribution in [1.29, 1.82) is 5.26 Å². The van der Waals surface area contributed by atoms with E-state index in [2.05, 4.69) is 200 Å². The van der Waals surface area contributed by atoms with Gasteiger partial charge in [-0.1, -0.05) is 212 Å². The Hall–Kier alpha value is -9.56. The second-order valence-electron chi connectivity index (χ2n) is 17.8. The third kappa shape index (κ3) is 7.04. The molecule has 1 aliphatic rings. The van der Waals surface area contributed by atoms with Crippen LogP contribution >= 0.6 is 0 Å². The highest BCUT2D eigenvalue weighted by atomic mass is 15.0. The van der Waals surface area contributed by atoms with Crippen molar-refractivity contribution in [2.24, 2.45) is 0 Å². The van der Waals surface area contributed by atoms with Gasteiger partial charge in [-0.25, -0.2) is 15.0 Å². The molecule has 1 aliphatic carbocycles. The van der Waals surface area contributed by atoms with Gasteiger partial charge in [0.15, 0.2) is 17.5 Å². The molecule has 0 fully saturated rings. The monoisotopic (exact) mass is 888 g/mol. The van der Waals surface area contributed by atoms with Crippen LogP contribution in [0.2, 0.25) is 0 Å². The van der Waals surface area contributed by atoms with Gasteiger partial charge in [0.1, 0.15) is 0 Å². The van der Waals surface area contributed by atoms with Crippen LogP contribution in [0.25, 0.3) is 134 Å². The average Bonchev–Trinajstić information content (AvgIpc) is 3.76. The maximum absolute atomic E-state index is 10.6. The van der Waals surface area contributed by atoms with Gasteiger partial charge in [0.2, 0.25) is 0 Å². The number of hydrogen-bond acceptors (Lipinski definition) is 4. The summed E-state index contributed by atoms with van der Waals surface area (Å²) in [7, 11) is 0. The number of hydrogen-bond donors (Lipinski definition) is 0. The van der Waals surface area contributed by atoms with Gasteiger partial charge < -0.3 is 0 Å². The van der Waals surface area contributed by atoms with E-state index in [1.54, 1.807) is 0 Å². The molecule has 12 aromatic rings. The Morgan fingerprint density at radius 3 is 1.47 bits per heavy atom. The highest BCUT2D eigenvalue weighted by molar-refractivity contribution is 6.15. The van der Waals surface area contributed by atoms with Gasteiger partial charge in [-0.05, 0) is 124 Å². The predicted molar refractivity (Wildman–Crippen MR) is 287 cm³/mol. The Morgan fingerprint density at radius 1 is 0.257 bits per heavy atom. The summed E-state index contributed by atoms with van der Waals surface area (Å²) >= 11 is 0. The van der Waals surface area contributed by atoms with E-state index in [1.807, 2.05) is 48.5 Å². The van der Waals surface area contributed by atoms with Gasteiger partial charge >= 0.3 is 0 Å². The first-order chi connectivity index (χ1) is 34.6. The Labute approximate surface area is 406 Å². The lowest BCUT2D eigenvalue weighted by molar-refractivity contribution is 1.07. The van der Waals surface area contributed by atoms with Crippen molar-refractivity contribution in [2.75, 3.05) is 0 Å². The Morgan fingerprint density at radius 2 is 0.714 bits per heavy atom. The van der Waals surface area contributed by atoms with Crippen molar-refractivity contribution in [3.8, 4) is 118 Å². The smallest absolute Gasteiger partial charge is 0.164 e. The lowest BCUT2D eigenvalue weighted by Gasteiger charge is -2.15. The van der Waals surface area contributed by atoms with Gasteiger partial charge in [-0.15, -0.1) is 0 Å². The van der Waals surface area contributed by atoms with Gasteiger partial charge in [0.05, 0.1) is 11.6 Å². The minimum Gasteiger partial charge on any atom is -0.208 e. The number of aromatic nitrogens is 3. The summed E-state index contributed by atoms with van der Waals surface area (Å²) in [5, 5.41) is 15.5. The van der Waals surface area contributed by atoms with Crippen molar-refractivity contribution < 1.29 is 0 Å². The number of benzene rings is 11. The summed E-state index contributed by atoms with van der Waals surface area (Å²) in [6.45, 7) is 0. The van der Waals surface area contributed by atoms with E-state index in [-0.39, 0.29) is 0 Å². The minimum atomic E-state index is 0.570. The van der Waals surface area contributed by atoms with E-state index in [4.69, 9.17) is 15.0 Å².